The van der Waals surface area contributed by atoms with Crippen LogP contribution in [-0.4, -0.2) is 35.7 Å². The lowest BCUT2D eigenvalue weighted by Crippen LogP contribution is -2.36. The summed E-state index contributed by atoms with van der Waals surface area (Å²) in [6.45, 7) is 1.76. The molecular formula is C26H23FN2O5. The number of fused-ring (bicyclic) bond motifs is 3. The first-order valence-corrected chi connectivity index (χ1v) is 10.8. The topological polar surface area (TPSA) is 105 Å². The van der Waals surface area contributed by atoms with Gasteiger partial charge < -0.3 is 20.5 Å². The second kappa shape index (κ2) is 9.74. The second-order valence-electron chi connectivity index (χ2n) is 8.12. The van der Waals surface area contributed by atoms with Gasteiger partial charge in [-0.15, -0.1) is 0 Å². The molecule has 4 rings (SSSR count). The fourth-order valence-corrected chi connectivity index (χ4v) is 4.13. The van der Waals surface area contributed by atoms with Crippen LogP contribution in [0.1, 0.15) is 40.7 Å². The zero-order chi connectivity index (χ0) is 24.2. The molecule has 3 aromatic rings. The van der Waals surface area contributed by atoms with Crippen LogP contribution in [0.3, 0.4) is 0 Å². The Morgan fingerprint density at radius 3 is 2.24 bits per heavy atom. The highest BCUT2D eigenvalue weighted by Crippen LogP contribution is 2.44. The SMILES string of the molecule is C[C@@H](CC(=O)Nc1cc(C(=O)O)ccc1F)NC(=O)OCC1c2ccccc2-c2ccccc21. The molecule has 0 aliphatic heterocycles. The number of anilines is 1. The van der Waals surface area contributed by atoms with Crippen molar-refractivity contribution in [1.29, 1.82) is 0 Å². The van der Waals surface area contributed by atoms with Crippen molar-refractivity contribution in [2.24, 2.45) is 0 Å². The Morgan fingerprint density at radius 1 is 1.00 bits per heavy atom. The lowest BCUT2D eigenvalue weighted by atomic mass is 9.98. The average Bonchev–Trinajstić information content (AvgIpc) is 3.12. The molecule has 0 spiro atoms. The maximum atomic E-state index is 13.9. The van der Waals surface area contributed by atoms with Crippen LogP contribution in [0.4, 0.5) is 14.9 Å². The summed E-state index contributed by atoms with van der Waals surface area (Å²) in [5.74, 6) is -2.65. The van der Waals surface area contributed by atoms with E-state index in [1.807, 2.05) is 48.5 Å². The monoisotopic (exact) mass is 462 g/mol. The summed E-state index contributed by atoms with van der Waals surface area (Å²) in [6, 6.07) is 18.5. The van der Waals surface area contributed by atoms with Gasteiger partial charge in [0.1, 0.15) is 12.4 Å². The van der Waals surface area contributed by atoms with Crippen LogP contribution in [0.2, 0.25) is 0 Å². The van der Waals surface area contributed by atoms with Crippen molar-refractivity contribution < 1.29 is 28.6 Å². The van der Waals surface area contributed by atoms with Crippen molar-refractivity contribution in [2.75, 3.05) is 11.9 Å². The molecule has 0 unspecified atom stereocenters. The van der Waals surface area contributed by atoms with E-state index in [9.17, 15) is 18.8 Å². The number of carbonyl (C=O) groups excluding carboxylic acids is 2. The molecule has 3 aromatic carbocycles. The van der Waals surface area contributed by atoms with Crippen LogP contribution < -0.4 is 10.6 Å². The standard InChI is InChI=1S/C26H23FN2O5/c1-15(12-24(30)29-23-13-16(25(31)32)10-11-22(23)27)28-26(33)34-14-21-19-8-4-2-6-17(19)18-7-3-5-9-20(18)21/h2-11,13,15,21H,12,14H2,1H3,(H,28,33)(H,29,30)(H,31,32)/t15-/m0/s1. The molecule has 0 saturated heterocycles. The third-order valence-electron chi connectivity index (χ3n) is 5.69. The molecule has 2 amide bonds. The number of carbonyl (C=O) groups is 3. The van der Waals surface area contributed by atoms with E-state index < -0.39 is 29.8 Å². The predicted octanol–water partition coefficient (Wildman–Crippen LogP) is 4.78. The van der Waals surface area contributed by atoms with Gasteiger partial charge in [0.2, 0.25) is 5.91 Å². The van der Waals surface area contributed by atoms with E-state index in [1.165, 1.54) is 0 Å². The highest BCUT2D eigenvalue weighted by Gasteiger charge is 2.29. The Morgan fingerprint density at radius 2 is 1.62 bits per heavy atom. The third-order valence-corrected chi connectivity index (χ3v) is 5.69. The number of carboxylic acid groups (broad SMARTS) is 1. The molecule has 34 heavy (non-hydrogen) atoms. The maximum absolute atomic E-state index is 13.9. The maximum Gasteiger partial charge on any atom is 0.407 e. The van der Waals surface area contributed by atoms with Crippen LogP contribution in [0.5, 0.6) is 0 Å². The fourth-order valence-electron chi connectivity index (χ4n) is 4.13. The van der Waals surface area contributed by atoms with Gasteiger partial charge in [0, 0.05) is 18.4 Å². The molecule has 0 aromatic heterocycles. The van der Waals surface area contributed by atoms with Gasteiger partial charge in [-0.3, -0.25) is 4.79 Å². The number of benzene rings is 3. The summed E-state index contributed by atoms with van der Waals surface area (Å²) in [4.78, 5) is 35.7. The molecule has 3 N–H and O–H groups in total. The number of carboxylic acids is 1. The van der Waals surface area contributed by atoms with E-state index in [-0.39, 0.29) is 30.2 Å². The molecule has 8 heteroatoms. The van der Waals surface area contributed by atoms with E-state index in [0.717, 1.165) is 40.5 Å². The number of rotatable bonds is 7. The van der Waals surface area contributed by atoms with Gasteiger partial charge >= 0.3 is 12.1 Å². The van der Waals surface area contributed by atoms with E-state index in [2.05, 4.69) is 10.6 Å². The number of nitrogens with one attached hydrogen (secondary N) is 2. The number of halogens is 1. The first-order chi connectivity index (χ1) is 16.3. The van der Waals surface area contributed by atoms with Crippen LogP contribution in [0.15, 0.2) is 66.7 Å². The highest BCUT2D eigenvalue weighted by molar-refractivity contribution is 5.94. The molecule has 1 aliphatic rings. The molecule has 7 nitrogen and oxygen atoms in total. The van der Waals surface area contributed by atoms with Crippen LogP contribution in [0, 0.1) is 5.82 Å². The first-order valence-electron chi connectivity index (χ1n) is 10.8. The fraction of sp³-hybridized carbons (Fsp3) is 0.192. The minimum absolute atomic E-state index is 0.0822. The van der Waals surface area contributed by atoms with Crippen molar-refractivity contribution in [3.05, 3.63) is 89.2 Å². The van der Waals surface area contributed by atoms with E-state index in [1.54, 1.807) is 6.92 Å². The number of alkyl carbamates (subject to hydrolysis) is 1. The smallest absolute Gasteiger partial charge is 0.407 e. The normalized spacial score (nSPS) is 12.9. The minimum atomic E-state index is -1.24. The molecule has 0 saturated carbocycles. The number of amides is 2. The Labute approximate surface area is 195 Å². The van der Waals surface area contributed by atoms with Gasteiger partial charge in [-0.2, -0.15) is 0 Å². The molecule has 0 fully saturated rings. The predicted molar refractivity (Wildman–Crippen MR) is 124 cm³/mol. The van der Waals surface area contributed by atoms with Gasteiger partial charge in [0.25, 0.3) is 0 Å². The van der Waals surface area contributed by atoms with Crippen LogP contribution in [-0.2, 0) is 9.53 Å². The van der Waals surface area contributed by atoms with Gasteiger partial charge in [0.15, 0.2) is 0 Å². The van der Waals surface area contributed by atoms with Crippen molar-refractivity contribution in [3.63, 3.8) is 0 Å². The lowest BCUT2D eigenvalue weighted by molar-refractivity contribution is -0.116. The molecule has 1 atom stereocenters. The average molecular weight is 462 g/mol. The van der Waals surface area contributed by atoms with Gasteiger partial charge in [-0.1, -0.05) is 48.5 Å². The van der Waals surface area contributed by atoms with Crippen molar-refractivity contribution >= 4 is 23.7 Å². The van der Waals surface area contributed by atoms with Gasteiger partial charge in [-0.25, -0.2) is 14.0 Å². The molecule has 174 valence electrons. The van der Waals surface area contributed by atoms with Gasteiger partial charge in [0.05, 0.1) is 11.3 Å². The molecule has 0 radical (unpaired) electrons. The zero-order valence-corrected chi connectivity index (χ0v) is 18.4. The van der Waals surface area contributed by atoms with Crippen molar-refractivity contribution in [1.82, 2.24) is 5.32 Å². The summed E-state index contributed by atoms with van der Waals surface area (Å²) in [7, 11) is 0. The van der Waals surface area contributed by atoms with Gasteiger partial charge in [-0.05, 0) is 47.4 Å². The summed E-state index contributed by atoms with van der Waals surface area (Å²) >= 11 is 0. The number of hydrogen-bond acceptors (Lipinski definition) is 4. The molecule has 1 aliphatic carbocycles. The second-order valence-corrected chi connectivity index (χ2v) is 8.12. The quantitative estimate of drug-likeness (QED) is 0.469. The van der Waals surface area contributed by atoms with E-state index >= 15 is 0 Å². The number of ether oxygens (including phenoxy) is 1. The number of hydrogen-bond donors (Lipinski definition) is 3. The Balaban J connectivity index is 1.31. The molecular weight excluding hydrogens is 439 g/mol. The summed E-state index contributed by atoms with van der Waals surface area (Å²) in [6.07, 6.45) is -0.817. The largest absolute Gasteiger partial charge is 0.478 e. The Hall–Kier alpha value is -4.20. The van der Waals surface area contributed by atoms with Crippen molar-refractivity contribution in [3.8, 4) is 11.1 Å². The van der Waals surface area contributed by atoms with Crippen molar-refractivity contribution in [2.45, 2.75) is 25.3 Å². The molecule has 0 bridgehead atoms. The first kappa shape index (κ1) is 23.0. The van der Waals surface area contributed by atoms with E-state index in [0.29, 0.717) is 0 Å². The minimum Gasteiger partial charge on any atom is -0.478 e. The third kappa shape index (κ3) is 4.91. The summed E-state index contributed by atoms with van der Waals surface area (Å²) in [5, 5.41) is 14.0. The summed E-state index contributed by atoms with van der Waals surface area (Å²) < 4.78 is 19.4. The van der Waals surface area contributed by atoms with E-state index in [4.69, 9.17) is 9.84 Å². The summed E-state index contributed by atoms with van der Waals surface area (Å²) in [5.41, 5.74) is 4.04. The lowest BCUT2D eigenvalue weighted by Gasteiger charge is -2.17. The number of aromatic carboxylic acids is 1. The molecule has 0 heterocycles. The Bertz CT molecular complexity index is 1210. The zero-order valence-electron chi connectivity index (χ0n) is 18.4. The highest BCUT2D eigenvalue weighted by atomic mass is 19.1. The van der Waals surface area contributed by atoms with Crippen LogP contribution in [0.25, 0.3) is 11.1 Å². The Kier molecular flexibility index (Phi) is 6.58. The van der Waals surface area contributed by atoms with Crippen LogP contribution >= 0.6 is 0 Å².